The van der Waals surface area contributed by atoms with Gasteiger partial charge in [-0.1, -0.05) is 30.3 Å². The molecule has 1 aromatic rings. The average molecular weight is 244 g/mol. The predicted octanol–water partition coefficient (Wildman–Crippen LogP) is 2.65. The Hall–Kier alpha value is -0.860. The molecular weight excluding hydrogens is 220 g/mol. The Morgan fingerprint density at radius 2 is 1.78 bits per heavy atom. The zero-order valence-corrected chi connectivity index (χ0v) is 11.0. The molecule has 2 nitrogen and oxygen atoms in total. The number of hydrogen-bond donors (Lipinski definition) is 2. The first-order valence-corrected chi connectivity index (χ1v) is 7.37. The highest BCUT2D eigenvalue weighted by molar-refractivity contribution is 5.27. The smallest absolute Gasteiger partial charge is 0.0143 e. The molecule has 0 unspecified atom stereocenters. The van der Waals surface area contributed by atoms with Crippen LogP contribution in [0.3, 0.4) is 0 Å². The van der Waals surface area contributed by atoms with Gasteiger partial charge >= 0.3 is 0 Å². The van der Waals surface area contributed by atoms with Crippen LogP contribution in [0, 0.1) is 5.92 Å². The molecule has 2 atom stereocenters. The minimum atomic E-state index is 0.472. The molecule has 0 bridgehead atoms. The Balaban J connectivity index is 1.41. The second-order valence-corrected chi connectivity index (χ2v) is 6.05. The Labute approximate surface area is 110 Å². The summed E-state index contributed by atoms with van der Waals surface area (Å²) in [6.45, 7) is 1.20. The van der Waals surface area contributed by atoms with Crippen molar-refractivity contribution in [3.63, 3.8) is 0 Å². The van der Waals surface area contributed by atoms with Crippen LogP contribution in [0.5, 0.6) is 0 Å². The van der Waals surface area contributed by atoms with Crippen molar-refractivity contribution in [1.82, 2.24) is 5.32 Å². The standard InChI is InChI=1S/C16H24N2/c17-14-8-6-12(7-9-14)11-18-16-10-15(16)13-4-2-1-3-5-13/h1-5,12,14-16,18H,6-11,17H2/t12-,14-,15-,16+/m1/s1. The van der Waals surface area contributed by atoms with Gasteiger partial charge in [-0.3, -0.25) is 0 Å². The molecule has 0 heterocycles. The molecule has 0 amide bonds. The number of benzene rings is 1. The summed E-state index contributed by atoms with van der Waals surface area (Å²) in [6.07, 6.45) is 6.39. The summed E-state index contributed by atoms with van der Waals surface area (Å²) in [5.41, 5.74) is 7.44. The van der Waals surface area contributed by atoms with Crippen molar-refractivity contribution in [1.29, 1.82) is 0 Å². The van der Waals surface area contributed by atoms with Gasteiger partial charge in [-0.15, -0.1) is 0 Å². The summed E-state index contributed by atoms with van der Waals surface area (Å²) < 4.78 is 0. The third-order valence-corrected chi connectivity index (χ3v) is 4.58. The lowest BCUT2D eigenvalue weighted by molar-refractivity contribution is 0.313. The van der Waals surface area contributed by atoms with E-state index in [1.54, 1.807) is 0 Å². The fourth-order valence-corrected chi connectivity index (χ4v) is 3.20. The van der Waals surface area contributed by atoms with Crippen LogP contribution in [0.2, 0.25) is 0 Å². The topological polar surface area (TPSA) is 38.0 Å². The summed E-state index contributed by atoms with van der Waals surface area (Å²) in [6, 6.07) is 12.1. The van der Waals surface area contributed by atoms with Crippen molar-refractivity contribution >= 4 is 0 Å². The third kappa shape index (κ3) is 2.93. The molecule has 0 radical (unpaired) electrons. The van der Waals surface area contributed by atoms with Gasteiger partial charge in [-0.25, -0.2) is 0 Å². The molecule has 1 aromatic carbocycles. The molecule has 98 valence electrons. The van der Waals surface area contributed by atoms with Crippen molar-refractivity contribution in [2.75, 3.05) is 6.54 Å². The van der Waals surface area contributed by atoms with Gasteiger partial charge < -0.3 is 11.1 Å². The van der Waals surface area contributed by atoms with Crippen molar-refractivity contribution in [2.24, 2.45) is 11.7 Å². The molecule has 0 spiro atoms. The second-order valence-electron chi connectivity index (χ2n) is 6.05. The van der Waals surface area contributed by atoms with Gasteiger partial charge in [0.2, 0.25) is 0 Å². The first kappa shape index (κ1) is 12.2. The van der Waals surface area contributed by atoms with Crippen molar-refractivity contribution in [3.8, 4) is 0 Å². The van der Waals surface area contributed by atoms with E-state index in [2.05, 4.69) is 35.6 Å². The molecule has 0 aliphatic heterocycles. The van der Waals surface area contributed by atoms with Crippen LogP contribution in [0.1, 0.15) is 43.6 Å². The molecule has 2 heteroatoms. The molecule has 2 aliphatic rings. The maximum atomic E-state index is 5.94. The summed E-state index contributed by atoms with van der Waals surface area (Å²) in [7, 11) is 0. The van der Waals surface area contributed by atoms with Gasteiger partial charge in [0.25, 0.3) is 0 Å². The van der Waals surface area contributed by atoms with E-state index in [1.165, 1.54) is 44.2 Å². The third-order valence-electron chi connectivity index (χ3n) is 4.58. The summed E-state index contributed by atoms with van der Waals surface area (Å²) in [5, 5.41) is 3.75. The summed E-state index contributed by atoms with van der Waals surface area (Å²) >= 11 is 0. The molecule has 2 fully saturated rings. The van der Waals surface area contributed by atoms with Crippen LogP contribution >= 0.6 is 0 Å². The van der Waals surface area contributed by atoms with Gasteiger partial charge in [-0.05, 0) is 50.1 Å². The Kier molecular flexibility index (Phi) is 3.67. The fraction of sp³-hybridized carbons (Fsp3) is 0.625. The van der Waals surface area contributed by atoms with Crippen LogP contribution in [-0.2, 0) is 0 Å². The predicted molar refractivity (Wildman–Crippen MR) is 75.5 cm³/mol. The fourth-order valence-electron chi connectivity index (χ4n) is 3.20. The largest absolute Gasteiger partial charge is 0.328 e. The quantitative estimate of drug-likeness (QED) is 0.854. The molecule has 2 aliphatic carbocycles. The maximum Gasteiger partial charge on any atom is 0.0143 e. The van der Waals surface area contributed by atoms with Crippen LogP contribution in [0.25, 0.3) is 0 Å². The van der Waals surface area contributed by atoms with E-state index in [-0.39, 0.29) is 0 Å². The normalized spacial score (nSPS) is 35.4. The van der Waals surface area contributed by atoms with Gasteiger partial charge in [0.15, 0.2) is 0 Å². The Bertz CT molecular complexity index is 368. The highest BCUT2D eigenvalue weighted by atomic mass is 15.0. The molecule has 3 rings (SSSR count). The second kappa shape index (κ2) is 5.41. The molecule has 3 N–H and O–H groups in total. The lowest BCUT2D eigenvalue weighted by atomic mass is 9.86. The van der Waals surface area contributed by atoms with Gasteiger partial charge in [0.05, 0.1) is 0 Å². The van der Waals surface area contributed by atoms with Gasteiger partial charge in [0.1, 0.15) is 0 Å². The van der Waals surface area contributed by atoms with Crippen LogP contribution in [0.15, 0.2) is 30.3 Å². The van der Waals surface area contributed by atoms with Crippen LogP contribution in [0.4, 0.5) is 0 Å². The van der Waals surface area contributed by atoms with Crippen molar-refractivity contribution < 1.29 is 0 Å². The van der Waals surface area contributed by atoms with Crippen LogP contribution in [-0.4, -0.2) is 18.6 Å². The Morgan fingerprint density at radius 1 is 1.06 bits per heavy atom. The van der Waals surface area contributed by atoms with E-state index in [0.29, 0.717) is 6.04 Å². The summed E-state index contributed by atoms with van der Waals surface area (Å²) in [5.74, 6) is 1.62. The summed E-state index contributed by atoms with van der Waals surface area (Å²) in [4.78, 5) is 0. The zero-order valence-electron chi connectivity index (χ0n) is 11.0. The average Bonchev–Trinajstić information content (AvgIpc) is 3.19. The Morgan fingerprint density at radius 3 is 2.50 bits per heavy atom. The number of nitrogens with one attached hydrogen (secondary N) is 1. The van der Waals surface area contributed by atoms with E-state index < -0.39 is 0 Å². The minimum Gasteiger partial charge on any atom is -0.328 e. The van der Waals surface area contributed by atoms with Crippen LogP contribution < -0.4 is 11.1 Å². The number of rotatable bonds is 4. The van der Waals surface area contributed by atoms with Crippen molar-refractivity contribution in [2.45, 2.75) is 50.1 Å². The lowest BCUT2D eigenvalue weighted by Gasteiger charge is -2.26. The van der Waals surface area contributed by atoms with E-state index in [0.717, 1.165) is 17.9 Å². The molecule has 0 aromatic heterocycles. The monoisotopic (exact) mass is 244 g/mol. The van der Waals surface area contributed by atoms with Crippen molar-refractivity contribution in [3.05, 3.63) is 35.9 Å². The maximum absolute atomic E-state index is 5.94. The molecule has 0 saturated heterocycles. The van der Waals surface area contributed by atoms with E-state index in [9.17, 15) is 0 Å². The van der Waals surface area contributed by atoms with Gasteiger partial charge in [0, 0.05) is 18.0 Å². The molecule has 18 heavy (non-hydrogen) atoms. The first-order valence-electron chi connectivity index (χ1n) is 7.37. The van der Waals surface area contributed by atoms with E-state index >= 15 is 0 Å². The SMILES string of the molecule is N[C@H]1CC[C@H](CN[C@H]2C[C@@H]2c2ccccc2)CC1. The lowest BCUT2D eigenvalue weighted by Crippen LogP contribution is -2.32. The van der Waals surface area contributed by atoms with Gasteiger partial charge in [-0.2, -0.15) is 0 Å². The number of nitrogens with two attached hydrogens (primary N) is 1. The van der Waals surface area contributed by atoms with E-state index in [4.69, 9.17) is 5.73 Å². The molecule has 2 saturated carbocycles. The zero-order chi connectivity index (χ0) is 12.4. The molecular formula is C16H24N2. The minimum absolute atomic E-state index is 0.472. The highest BCUT2D eigenvalue weighted by Gasteiger charge is 2.38. The number of hydrogen-bond acceptors (Lipinski definition) is 2. The highest BCUT2D eigenvalue weighted by Crippen LogP contribution is 2.40. The first-order chi connectivity index (χ1) is 8.83. The van der Waals surface area contributed by atoms with E-state index in [1.807, 2.05) is 0 Å².